The average Bonchev–Trinajstić information content (AvgIpc) is 3.59. The zero-order valence-corrected chi connectivity index (χ0v) is 28.8. The maximum atomic E-state index is 12.0. The van der Waals surface area contributed by atoms with Gasteiger partial charge in [0.25, 0.3) is 0 Å². The van der Waals surface area contributed by atoms with E-state index < -0.39 is 0 Å². The second kappa shape index (κ2) is 21.2. The van der Waals surface area contributed by atoms with Gasteiger partial charge in [-0.3, -0.25) is 4.79 Å². The van der Waals surface area contributed by atoms with E-state index in [4.69, 9.17) is 15.0 Å². The Kier molecular flexibility index (Phi) is 19.6. The lowest BCUT2D eigenvalue weighted by atomic mass is 10.1. The molecule has 17 N–H and O–H groups in total. The maximum absolute atomic E-state index is 12.0. The molecule has 47 heavy (non-hydrogen) atoms. The summed E-state index contributed by atoms with van der Waals surface area (Å²) in [6.07, 6.45) is 12.9. The summed E-state index contributed by atoms with van der Waals surface area (Å²) >= 11 is 0. The molecule has 3 aliphatic heterocycles. The van der Waals surface area contributed by atoms with Gasteiger partial charge in [0.1, 0.15) is 5.75 Å². The lowest BCUT2D eigenvalue weighted by molar-refractivity contribution is -0.116. The summed E-state index contributed by atoms with van der Waals surface area (Å²) in [4.78, 5) is 41.3. The van der Waals surface area contributed by atoms with Crippen LogP contribution in [0.2, 0.25) is 0 Å². The fraction of sp³-hybridized carbons (Fsp3) is 0.633. The Hall–Kier alpha value is -3.70. The summed E-state index contributed by atoms with van der Waals surface area (Å²) in [5, 5.41) is 22.2. The highest BCUT2D eigenvalue weighted by molar-refractivity contribution is 5.92. The highest BCUT2D eigenvalue weighted by atomic mass is 35.5. The van der Waals surface area contributed by atoms with Crippen molar-refractivity contribution >= 4 is 53.6 Å². The Labute approximate surface area is 290 Å². The van der Waals surface area contributed by atoms with Gasteiger partial charge in [0.05, 0.1) is 17.8 Å². The van der Waals surface area contributed by atoms with E-state index in [9.17, 15) is 14.7 Å². The molecule has 2 unspecified atom stereocenters. The molecule has 3 amide bonds. The van der Waals surface area contributed by atoms with Crippen LogP contribution in [0.5, 0.6) is 5.75 Å². The van der Waals surface area contributed by atoms with Crippen molar-refractivity contribution in [2.75, 3.05) is 46.6 Å². The number of benzene rings is 1. The molecule has 1 aliphatic carbocycles. The lowest BCUT2D eigenvalue weighted by Crippen LogP contribution is -2.34. The van der Waals surface area contributed by atoms with Crippen LogP contribution in [-0.4, -0.2) is 70.3 Å². The molecule has 16 nitrogen and oxygen atoms in total. The van der Waals surface area contributed by atoms with E-state index in [0.717, 1.165) is 77.5 Å². The van der Waals surface area contributed by atoms with E-state index in [-0.39, 0.29) is 60.4 Å². The number of nitrogens with one attached hydrogen (secondary N) is 4. The number of anilines is 5. The number of carbonyl (C=O) groups excluding carboxylic acids is 2. The fourth-order valence-electron chi connectivity index (χ4n) is 5.96. The smallest absolute Gasteiger partial charge is 0.315 e. The number of nitrogens with zero attached hydrogens (tertiary/aromatic N) is 5. The molecule has 0 radical (unpaired) electrons. The number of aromatic hydroxyl groups is 1. The van der Waals surface area contributed by atoms with Gasteiger partial charge in [0.15, 0.2) is 0 Å². The minimum absolute atomic E-state index is 0. The first kappa shape index (κ1) is 43.3. The monoisotopic (exact) mass is 692 g/mol. The van der Waals surface area contributed by atoms with Crippen LogP contribution >= 0.6 is 12.4 Å². The number of rotatable bonds is 8. The molecule has 4 fully saturated rings. The predicted octanol–water partition coefficient (Wildman–Crippen LogP) is 6.70. The third-order valence-corrected chi connectivity index (χ3v) is 8.32. The third-order valence-electron chi connectivity index (χ3n) is 8.32. The molecule has 3 saturated heterocycles. The first-order chi connectivity index (χ1) is 20.5. The van der Waals surface area contributed by atoms with Crippen molar-refractivity contribution in [2.24, 2.45) is 0 Å². The summed E-state index contributed by atoms with van der Waals surface area (Å²) in [5.74, 6) is 1.79. The fourth-order valence-corrected chi connectivity index (χ4v) is 5.96. The minimum Gasteiger partial charge on any atom is -0.506 e. The first-order valence-corrected chi connectivity index (χ1v) is 15.7. The van der Waals surface area contributed by atoms with Crippen LogP contribution in [0.3, 0.4) is 0 Å². The Balaban J connectivity index is -0.000000343. The minimum atomic E-state index is -0.0947. The summed E-state index contributed by atoms with van der Waals surface area (Å²) in [5.41, 5.74) is 1.06. The Bertz CT molecular complexity index is 1200. The molecule has 0 spiro atoms. The second-order valence-electron chi connectivity index (χ2n) is 11.6. The summed E-state index contributed by atoms with van der Waals surface area (Å²) in [6, 6.07) is 5.99. The van der Waals surface area contributed by atoms with Crippen LogP contribution in [-0.2, 0) is 4.79 Å². The standard InChI is InChI=1S/C24H35N7O2.C6H10N2O.ClH.4H3N.4H2/c1-2-3-10-21(33)26-19-12-11-18(17-20(19)32)25-22-27-23(30-13-6-4-7-14-30)29-24(28-22)31-15-8-5-9-16-31;9-6-7-4-2-1-3-5(4)8-6;;;;;;;;;/h11-12,17,32H,2-10,13-16H2,1H3,(H,26,33)(H,25,27,28,29);4-5H,1-3H2,(H2,7,8,9);1H;4*1H3;4*1H. The maximum Gasteiger partial charge on any atom is 0.315 e. The highest BCUT2D eigenvalue weighted by Crippen LogP contribution is 2.29. The molecule has 276 valence electrons. The van der Waals surface area contributed by atoms with E-state index in [1.165, 1.54) is 19.3 Å². The number of unbranched alkanes of at least 4 members (excludes halogenated alkanes) is 1. The van der Waals surface area contributed by atoms with E-state index in [0.29, 0.717) is 47.7 Å². The summed E-state index contributed by atoms with van der Waals surface area (Å²) < 4.78 is 0. The largest absolute Gasteiger partial charge is 0.506 e. The number of aromatic nitrogens is 3. The van der Waals surface area contributed by atoms with Gasteiger partial charge in [-0.2, -0.15) is 15.0 Å². The molecule has 0 bridgehead atoms. The van der Waals surface area contributed by atoms with Crippen LogP contribution in [0.1, 0.15) is 89.7 Å². The number of phenols is 1. The van der Waals surface area contributed by atoms with E-state index in [1.807, 2.05) is 6.92 Å². The van der Waals surface area contributed by atoms with Crippen molar-refractivity contribution < 1.29 is 20.4 Å². The molecule has 4 aliphatic rings. The first-order valence-electron chi connectivity index (χ1n) is 15.7. The van der Waals surface area contributed by atoms with Gasteiger partial charge in [0, 0.05) is 50.1 Å². The number of halogens is 1. The van der Waals surface area contributed by atoms with Crippen molar-refractivity contribution in [3.05, 3.63) is 18.2 Å². The number of piperidine rings is 2. The molecule has 2 aromatic rings. The molecule has 6 rings (SSSR count). The molecule has 2 atom stereocenters. The van der Waals surface area contributed by atoms with Crippen molar-refractivity contribution in [1.82, 2.24) is 50.2 Å². The molecule has 1 aromatic carbocycles. The van der Waals surface area contributed by atoms with Crippen LogP contribution in [0.25, 0.3) is 0 Å². The number of fused-ring (bicyclic) bond motifs is 1. The predicted molar refractivity (Wildman–Crippen MR) is 200 cm³/mol. The zero-order valence-electron chi connectivity index (χ0n) is 27.9. The van der Waals surface area contributed by atoms with Crippen molar-refractivity contribution in [2.45, 2.75) is 96.1 Å². The van der Waals surface area contributed by atoms with Gasteiger partial charge in [-0.25, -0.2) is 4.79 Å². The van der Waals surface area contributed by atoms with Gasteiger partial charge >= 0.3 is 6.03 Å². The number of phenolic OH excluding ortho intramolecular Hbond substituents is 1. The topological polar surface area (TPSA) is 288 Å². The Morgan fingerprint density at radius 3 is 1.89 bits per heavy atom. The second-order valence-corrected chi connectivity index (χ2v) is 11.6. The number of carbonyl (C=O) groups is 2. The number of hydrogen-bond donors (Lipinski definition) is 9. The van der Waals surface area contributed by atoms with E-state index >= 15 is 0 Å². The Morgan fingerprint density at radius 2 is 1.40 bits per heavy atom. The van der Waals surface area contributed by atoms with Gasteiger partial charge in [-0.15, -0.1) is 12.4 Å². The van der Waals surface area contributed by atoms with Crippen molar-refractivity contribution in [3.8, 4) is 5.75 Å². The molecule has 1 aromatic heterocycles. The van der Waals surface area contributed by atoms with E-state index in [2.05, 4.69) is 31.1 Å². The molecular formula is C30H66ClN13O3. The van der Waals surface area contributed by atoms with Gasteiger partial charge in [-0.05, 0) is 76.3 Å². The molecule has 1 saturated carbocycles. The SMILES string of the molecule is CCCCC(=O)Nc1ccc(Nc2nc(N3CCCCC3)nc(N3CCCCC3)n2)cc1O.Cl.N.N.N.N.O=C1NC2CCCC2N1.[HH].[HH].[HH].[HH]. The number of amides is 3. The third kappa shape index (κ3) is 12.1. The molecule has 17 heteroatoms. The van der Waals surface area contributed by atoms with Crippen molar-refractivity contribution in [1.29, 1.82) is 0 Å². The van der Waals surface area contributed by atoms with Crippen LogP contribution in [0.4, 0.5) is 34.0 Å². The van der Waals surface area contributed by atoms with Gasteiger partial charge < -0.3 is 60.8 Å². The molecular weight excluding hydrogens is 626 g/mol. The lowest BCUT2D eigenvalue weighted by Gasteiger charge is -2.30. The normalized spacial score (nSPS) is 19.2. The van der Waals surface area contributed by atoms with Crippen molar-refractivity contribution in [3.63, 3.8) is 0 Å². The van der Waals surface area contributed by atoms with Crippen LogP contribution in [0.15, 0.2) is 18.2 Å². The number of urea groups is 1. The number of hydrogen-bond acceptors (Lipinski definition) is 13. The van der Waals surface area contributed by atoms with E-state index in [1.54, 1.807) is 18.2 Å². The highest BCUT2D eigenvalue weighted by Gasteiger charge is 2.34. The summed E-state index contributed by atoms with van der Waals surface area (Å²) in [7, 11) is 0. The van der Waals surface area contributed by atoms with Crippen LogP contribution < -0.4 is 55.7 Å². The quantitative estimate of drug-likeness (QED) is 0.130. The summed E-state index contributed by atoms with van der Waals surface area (Å²) in [6.45, 7) is 5.86. The average molecular weight is 692 g/mol. The zero-order chi connectivity index (χ0) is 29.3. The van der Waals surface area contributed by atoms with Gasteiger partial charge in [-0.1, -0.05) is 13.3 Å². The Morgan fingerprint density at radius 1 is 0.872 bits per heavy atom. The van der Waals surface area contributed by atoms with Gasteiger partial charge in [0.2, 0.25) is 23.8 Å². The molecule has 4 heterocycles. The van der Waals surface area contributed by atoms with Crippen LogP contribution in [0, 0.1) is 0 Å².